The fourth-order valence-electron chi connectivity index (χ4n) is 3.29. The van der Waals surface area contributed by atoms with E-state index in [0.29, 0.717) is 42.7 Å². The van der Waals surface area contributed by atoms with Crippen molar-refractivity contribution in [1.29, 1.82) is 0 Å². The Morgan fingerprint density at radius 2 is 1.93 bits per heavy atom. The third-order valence-corrected chi connectivity index (χ3v) is 5.10. The lowest BCUT2D eigenvalue weighted by molar-refractivity contribution is 0.198. The smallest absolute Gasteiger partial charge is 0.273 e. The summed E-state index contributed by atoms with van der Waals surface area (Å²) in [4.78, 5) is 29.7. The molecule has 1 aliphatic rings. The van der Waals surface area contributed by atoms with Gasteiger partial charge in [-0.15, -0.1) is 0 Å². The molecule has 0 unspecified atom stereocenters. The average Bonchev–Trinajstić information content (AvgIpc) is 3.14. The number of ether oxygens (including phenoxy) is 1. The van der Waals surface area contributed by atoms with Crippen LogP contribution in [0.4, 0.5) is 5.82 Å². The number of rotatable bonds is 5. The third kappa shape index (κ3) is 4.36. The van der Waals surface area contributed by atoms with Crippen LogP contribution in [0, 0.1) is 0 Å². The summed E-state index contributed by atoms with van der Waals surface area (Å²) < 4.78 is 6.93. The molecular formula is C21H20ClN3O4. The number of anilines is 1. The molecule has 3 aromatic rings. The number of aromatic nitrogens is 2. The predicted molar refractivity (Wildman–Crippen MR) is 111 cm³/mol. The highest BCUT2D eigenvalue weighted by Crippen LogP contribution is 2.18. The molecule has 0 bridgehead atoms. The molecule has 0 amide bonds. The molecule has 4 rings (SSSR count). The van der Waals surface area contributed by atoms with E-state index >= 15 is 0 Å². The first-order valence-electron chi connectivity index (χ1n) is 9.26. The first-order valence-corrected chi connectivity index (χ1v) is 9.64. The van der Waals surface area contributed by atoms with Crippen molar-refractivity contribution in [1.82, 2.24) is 9.55 Å². The lowest BCUT2D eigenvalue weighted by atomic mass is 10.2. The largest absolute Gasteiger partial charge is 0.489 e. The second-order valence-electron chi connectivity index (χ2n) is 6.93. The molecule has 0 aliphatic carbocycles. The zero-order valence-corrected chi connectivity index (χ0v) is 16.3. The Kier molecular flexibility index (Phi) is 5.42. The van der Waals surface area contributed by atoms with Crippen LogP contribution in [0.25, 0.3) is 5.69 Å². The second kappa shape index (κ2) is 8.14. The maximum atomic E-state index is 12.5. The van der Waals surface area contributed by atoms with Crippen molar-refractivity contribution in [2.24, 2.45) is 0 Å². The molecule has 0 spiro atoms. The predicted octanol–water partition coefficient (Wildman–Crippen LogP) is 2.33. The van der Waals surface area contributed by atoms with Crippen LogP contribution in [-0.2, 0) is 6.61 Å². The van der Waals surface area contributed by atoms with E-state index in [1.165, 1.54) is 16.8 Å². The van der Waals surface area contributed by atoms with E-state index in [1.54, 1.807) is 30.3 Å². The number of H-pyrrole nitrogens is 1. The third-order valence-electron chi connectivity index (χ3n) is 4.85. The summed E-state index contributed by atoms with van der Waals surface area (Å²) >= 11 is 5.86. The van der Waals surface area contributed by atoms with E-state index in [2.05, 4.69) is 4.98 Å². The van der Waals surface area contributed by atoms with Gasteiger partial charge in [-0.05, 0) is 42.3 Å². The fraction of sp³-hybridized carbons (Fsp3) is 0.238. The van der Waals surface area contributed by atoms with Crippen LogP contribution >= 0.6 is 11.6 Å². The molecule has 29 heavy (non-hydrogen) atoms. The quantitative estimate of drug-likeness (QED) is 0.670. The molecule has 1 atom stereocenters. The van der Waals surface area contributed by atoms with Gasteiger partial charge in [-0.3, -0.25) is 14.2 Å². The lowest BCUT2D eigenvalue weighted by Crippen LogP contribution is -2.28. The van der Waals surface area contributed by atoms with Crippen molar-refractivity contribution in [2.75, 3.05) is 18.0 Å². The molecule has 1 saturated heterocycles. The summed E-state index contributed by atoms with van der Waals surface area (Å²) in [7, 11) is 0. The minimum Gasteiger partial charge on any atom is -0.489 e. The van der Waals surface area contributed by atoms with Crippen molar-refractivity contribution >= 4 is 17.4 Å². The van der Waals surface area contributed by atoms with E-state index in [4.69, 9.17) is 16.3 Å². The average molecular weight is 414 g/mol. The van der Waals surface area contributed by atoms with Gasteiger partial charge in [0.2, 0.25) is 0 Å². The van der Waals surface area contributed by atoms with Gasteiger partial charge >= 0.3 is 0 Å². The number of hydrogen-bond acceptors (Lipinski definition) is 5. The number of pyridine rings is 2. The van der Waals surface area contributed by atoms with Crippen molar-refractivity contribution in [2.45, 2.75) is 19.1 Å². The van der Waals surface area contributed by atoms with Gasteiger partial charge in [0.05, 0.1) is 6.10 Å². The van der Waals surface area contributed by atoms with Gasteiger partial charge in [0.1, 0.15) is 23.9 Å². The molecule has 7 nitrogen and oxygen atoms in total. The highest BCUT2D eigenvalue weighted by atomic mass is 35.5. The van der Waals surface area contributed by atoms with Crippen LogP contribution in [0.2, 0.25) is 5.02 Å². The summed E-state index contributed by atoms with van der Waals surface area (Å²) in [5.41, 5.74) is 0.412. The SMILES string of the molecule is O=c1[nH]c(N2CC[C@H](O)C2)ccc1-n1ccc(OCc2ccc(Cl)cc2)cc1=O. The van der Waals surface area contributed by atoms with Gasteiger partial charge < -0.3 is 19.7 Å². The van der Waals surface area contributed by atoms with Crippen molar-refractivity contribution in [3.8, 4) is 11.4 Å². The highest BCUT2D eigenvalue weighted by Gasteiger charge is 2.21. The Balaban J connectivity index is 1.51. The van der Waals surface area contributed by atoms with Gasteiger partial charge in [0.15, 0.2) is 0 Å². The van der Waals surface area contributed by atoms with Crippen LogP contribution in [0.3, 0.4) is 0 Å². The maximum absolute atomic E-state index is 12.5. The molecule has 1 fully saturated rings. The molecule has 2 N–H and O–H groups in total. The standard InChI is InChI=1S/C21H20ClN3O4/c22-15-3-1-14(2-4-15)13-29-17-8-10-25(20(27)11-17)18-5-6-19(23-21(18)28)24-9-7-16(26)12-24/h1-6,8,10-11,16,26H,7,9,12-13H2,(H,23,28)/t16-/m0/s1. The van der Waals surface area contributed by atoms with Gasteiger partial charge in [0, 0.05) is 30.4 Å². The number of nitrogens with zero attached hydrogens (tertiary/aromatic N) is 2. The summed E-state index contributed by atoms with van der Waals surface area (Å²) in [6, 6.07) is 13.6. The number of halogens is 1. The molecule has 0 radical (unpaired) electrons. The van der Waals surface area contributed by atoms with Crippen LogP contribution in [-0.4, -0.2) is 33.9 Å². The van der Waals surface area contributed by atoms with Gasteiger partial charge in [0.25, 0.3) is 11.1 Å². The first-order chi connectivity index (χ1) is 14.0. The Bertz CT molecular complexity index is 1120. The zero-order valence-electron chi connectivity index (χ0n) is 15.5. The highest BCUT2D eigenvalue weighted by molar-refractivity contribution is 6.30. The van der Waals surface area contributed by atoms with Crippen LogP contribution in [0.5, 0.6) is 5.75 Å². The molecule has 8 heteroatoms. The Hall–Kier alpha value is -3.03. The minimum absolute atomic E-state index is 0.225. The Labute approximate surface area is 171 Å². The van der Waals surface area contributed by atoms with Crippen LogP contribution < -0.4 is 20.8 Å². The van der Waals surface area contributed by atoms with E-state index < -0.39 is 0 Å². The number of β-amino-alcohol motifs (C(OH)–C–C–N with tert-alkyl or cyclic N) is 1. The van der Waals surface area contributed by atoms with E-state index in [9.17, 15) is 14.7 Å². The number of hydrogen-bond donors (Lipinski definition) is 2. The molecular weight excluding hydrogens is 394 g/mol. The van der Waals surface area contributed by atoms with Gasteiger partial charge in [-0.2, -0.15) is 0 Å². The van der Waals surface area contributed by atoms with Crippen LogP contribution in [0.1, 0.15) is 12.0 Å². The molecule has 3 heterocycles. The molecule has 0 saturated carbocycles. The van der Waals surface area contributed by atoms with E-state index in [-0.39, 0.29) is 22.9 Å². The maximum Gasteiger partial charge on any atom is 0.273 e. The molecule has 150 valence electrons. The molecule has 1 aromatic carbocycles. The number of aliphatic hydroxyl groups is 1. The second-order valence-corrected chi connectivity index (χ2v) is 7.37. The summed E-state index contributed by atoms with van der Waals surface area (Å²) in [5.74, 6) is 1.05. The van der Waals surface area contributed by atoms with Gasteiger partial charge in [-0.25, -0.2) is 0 Å². The van der Waals surface area contributed by atoms with Crippen molar-refractivity contribution < 1.29 is 9.84 Å². The lowest BCUT2D eigenvalue weighted by Gasteiger charge is -2.17. The number of benzene rings is 1. The van der Waals surface area contributed by atoms with Crippen LogP contribution in [0.15, 0.2) is 64.3 Å². The van der Waals surface area contributed by atoms with E-state index in [1.807, 2.05) is 17.0 Å². The topological polar surface area (TPSA) is 87.6 Å². The number of aromatic amines is 1. The number of nitrogens with one attached hydrogen (secondary N) is 1. The van der Waals surface area contributed by atoms with Crippen molar-refractivity contribution in [3.63, 3.8) is 0 Å². The summed E-state index contributed by atoms with van der Waals surface area (Å²) in [6.07, 6.45) is 1.80. The summed E-state index contributed by atoms with van der Waals surface area (Å²) in [6.45, 7) is 1.46. The number of aliphatic hydroxyl groups excluding tert-OH is 1. The molecule has 2 aromatic heterocycles. The van der Waals surface area contributed by atoms with Crippen molar-refractivity contribution in [3.05, 3.63) is 86.0 Å². The Morgan fingerprint density at radius 3 is 2.59 bits per heavy atom. The normalized spacial score (nSPS) is 16.2. The summed E-state index contributed by atoms with van der Waals surface area (Å²) in [5, 5.41) is 10.3. The first kappa shape index (κ1) is 19.3. The zero-order chi connectivity index (χ0) is 20.4. The minimum atomic E-state index is -0.388. The Morgan fingerprint density at radius 1 is 1.14 bits per heavy atom. The molecule has 1 aliphatic heterocycles. The van der Waals surface area contributed by atoms with E-state index in [0.717, 1.165) is 5.56 Å². The monoisotopic (exact) mass is 413 g/mol. The fourth-order valence-corrected chi connectivity index (χ4v) is 3.41. The van der Waals surface area contributed by atoms with Gasteiger partial charge in [-0.1, -0.05) is 23.7 Å².